The number of nitriles is 1. The van der Waals surface area contributed by atoms with Gasteiger partial charge >= 0.3 is 0 Å². The lowest BCUT2D eigenvalue weighted by Gasteiger charge is -1.98. The highest BCUT2D eigenvalue weighted by Crippen LogP contribution is 2.32. The highest BCUT2D eigenvalue weighted by atomic mass is 35.5. The van der Waals surface area contributed by atoms with Crippen molar-refractivity contribution in [2.24, 2.45) is 0 Å². The molecule has 0 radical (unpaired) electrons. The quantitative estimate of drug-likeness (QED) is 0.689. The molecule has 0 aliphatic heterocycles. The second kappa shape index (κ2) is 3.65. The first-order valence-electron chi connectivity index (χ1n) is 5.00. The highest BCUT2D eigenvalue weighted by molar-refractivity contribution is 6.32. The normalized spacial score (nSPS) is 10.6. The van der Waals surface area contributed by atoms with Gasteiger partial charge in [0.1, 0.15) is 6.07 Å². The summed E-state index contributed by atoms with van der Waals surface area (Å²) in [5, 5.41) is 17.2. The fourth-order valence-corrected chi connectivity index (χ4v) is 2.12. The van der Waals surface area contributed by atoms with Crippen molar-refractivity contribution >= 4 is 22.5 Å². The second-order valence-corrected chi connectivity index (χ2v) is 4.05. The van der Waals surface area contributed by atoms with Crippen molar-refractivity contribution in [3.05, 3.63) is 41.3 Å². The Balaban J connectivity index is 2.36. The number of nitrogens with one attached hydrogen (secondary N) is 2. The maximum absolute atomic E-state index is 9.08. The molecule has 0 fully saturated rings. The molecule has 0 aliphatic carbocycles. The van der Waals surface area contributed by atoms with Crippen molar-refractivity contribution in [2.75, 3.05) is 0 Å². The van der Waals surface area contributed by atoms with Gasteiger partial charge in [0, 0.05) is 28.9 Å². The number of benzene rings is 1. The van der Waals surface area contributed by atoms with Crippen LogP contribution in [0.2, 0.25) is 5.02 Å². The number of rotatable bonds is 1. The van der Waals surface area contributed by atoms with E-state index in [0.717, 1.165) is 22.0 Å². The zero-order valence-electron chi connectivity index (χ0n) is 8.66. The molecule has 2 aromatic heterocycles. The second-order valence-electron chi connectivity index (χ2n) is 3.65. The molecule has 0 aliphatic rings. The summed E-state index contributed by atoms with van der Waals surface area (Å²) in [6, 6.07) is 5.75. The molecule has 0 bridgehead atoms. The van der Waals surface area contributed by atoms with Gasteiger partial charge in [0.2, 0.25) is 0 Å². The maximum Gasteiger partial charge on any atom is 0.103 e. The average Bonchev–Trinajstić information content (AvgIpc) is 2.96. The van der Waals surface area contributed by atoms with Gasteiger partial charge in [0.25, 0.3) is 0 Å². The Morgan fingerprint density at radius 1 is 1.29 bits per heavy atom. The number of hydrogen-bond acceptors (Lipinski definition) is 2. The number of hydrogen-bond donors (Lipinski definition) is 2. The van der Waals surface area contributed by atoms with E-state index in [9.17, 15) is 0 Å². The van der Waals surface area contributed by atoms with E-state index >= 15 is 0 Å². The maximum atomic E-state index is 9.08. The molecule has 4 nitrogen and oxygen atoms in total. The molecule has 5 heteroatoms. The third-order valence-electron chi connectivity index (χ3n) is 2.73. The fourth-order valence-electron chi connectivity index (χ4n) is 1.92. The van der Waals surface area contributed by atoms with Crippen molar-refractivity contribution in [1.82, 2.24) is 15.2 Å². The molecule has 3 aromatic rings. The first-order valence-corrected chi connectivity index (χ1v) is 5.38. The Morgan fingerprint density at radius 2 is 2.18 bits per heavy atom. The lowest BCUT2D eigenvalue weighted by Crippen LogP contribution is -1.80. The van der Waals surface area contributed by atoms with Crippen molar-refractivity contribution in [2.45, 2.75) is 0 Å². The van der Waals surface area contributed by atoms with Crippen molar-refractivity contribution in [3.63, 3.8) is 0 Å². The zero-order valence-corrected chi connectivity index (χ0v) is 9.42. The molecule has 0 saturated heterocycles. The molecular weight excluding hydrogens is 236 g/mol. The summed E-state index contributed by atoms with van der Waals surface area (Å²) in [6.45, 7) is 0. The number of H-pyrrole nitrogens is 2. The average molecular weight is 243 g/mol. The molecule has 3 rings (SSSR count). The lowest BCUT2D eigenvalue weighted by molar-refractivity contribution is 1.09. The molecule has 2 N–H and O–H groups in total. The first-order chi connectivity index (χ1) is 8.31. The van der Waals surface area contributed by atoms with Crippen LogP contribution in [0.4, 0.5) is 0 Å². The van der Waals surface area contributed by atoms with Crippen LogP contribution in [0.5, 0.6) is 0 Å². The van der Waals surface area contributed by atoms with Crippen LogP contribution in [0.25, 0.3) is 22.0 Å². The summed E-state index contributed by atoms with van der Waals surface area (Å²) in [5.74, 6) is 0. The molecule has 0 saturated carbocycles. The minimum Gasteiger partial charge on any atom is -0.359 e. The van der Waals surface area contributed by atoms with Gasteiger partial charge in [-0.2, -0.15) is 10.4 Å². The van der Waals surface area contributed by atoms with E-state index in [2.05, 4.69) is 21.3 Å². The van der Waals surface area contributed by atoms with Crippen LogP contribution >= 0.6 is 11.6 Å². The zero-order chi connectivity index (χ0) is 11.8. The molecule has 0 unspecified atom stereocenters. The molecule has 0 amide bonds. The van der Waals surface area contributed by atoms with Gasteiger partial charge in [-0.05, 0) is 6.07 Å². The third-order valence-corrected chi connectivity index (χ3v) is 3.04. The Kier molecular flexibility index (Phi) is 2.13. The number of fused-ring (bicyclic) bond motifs is 1. The molecule has 17 heavy (non-hydrogen) atoms. The van der Waals surface area contributed by atoms with Crippen LogP contribution in [-0.2, 0) is 0 Å². The monoisotopic (exact) mass is 242 g/mol. The predicted molar refractivity (Wildman–Crippen MR) is 65.6 cm³/mol. The van der Waals surface area contributed by atoms with Crippen LogP contribution in [0, 0.1) is 11.3 Å². The third kappa shape index (κ3) is 1.41. The van der Waals surface area contributed by atoms with Crippen LogP contribution in [0.3, 0.4) is 0 Å². The SMILES string of the molecule is N#Cc1c(Cl)ccc2c(-c3cn[nH]c3)c[nH]c12. The summed E-state index contributed by atoms with van der Waals surface area (Å²) in [4.78, 5) is 3.09. The number of nitrogens with zero attached hydrogens (tertiary/aromatic N) is 2. The summed E-state index contributed by atoms with van der Waals surface area (Å²) >= 11 is 5.98. The van der Waals surface area contributed by atoms with E-state index < -0.39 is 0 Å². The lowest BCUT2D eigenvalue weighted by atomic mass is 10.1. The molecule has 82 valence electrons. The Bertz CT molecular complexity index is 719. The topological polar surface area (TPSA) is 68.3 Å². The molecule has 2 heterocycles. The van der Waals surface area contributed by atoms with Gasteiger partial charge in [-0.15, -0.1) is 0 Å². The van der Waals surface area contributed by atoms with Gasteiger partial charge in [-0.3, -0.25) is 5.10 Å². The molecule has 1 aromatic carbocycles. The fraction of sp³-hybridized carbons (Fsp3) is 0. The highest BCUT2D eigenvalue weighted by Gasteiger charge is 2.12. The predicted octanol–water partition coefficient (Wildman–Crippen LogP) is 3.08. The number of aromatic nitrogens is 3. The summed E-state index contributed by atoms with van der Waals surface area (Å²) in [7, 11) is 0. The van der Waals surface area contributed by atoms with Crippen LogP contribution in [0.15, 0.2) is 30.7 Å². The number of halogens is 1. The van der Waals surface area contributed by atoms with Gasteiger partial charge in [0.05, 0.1) is 22.3 Å². The molecule has 0 spiro atoms. The first kappa shape index (κ1) is 9.94. The van der Waals surface area contributed by atoms with E-state index in [-0.39, 0.29) is 0 Å². The van der Waals surface area contributed by atoms with Gasteiger partial charge in [-0.25, -0.2) is 0 Å². The van der Waals surface area contributed by atoms with Crippen LogP contribution < -0.4 is 0 Å². The smallest absolute Gasteiger partial charge is 0.103 e. The Labute approximate surface area is 102 Å². The summed E-state index contributed by atoms with van der Waals surface area (Å²) in [6.07, 6.45) is 5.40. The van der Waals surface area contributed by atoms with E-state index in [1.165, 1.54) is 0 Å². The molecular formula is C12H7ClN4. The minimum atomic E-state index is 0.459. The standard InChI is InChI=1S/C12H7ClN4/c13-11-2-1-8-10(7-4-16-17-5-7)6-15-12(8)9(11)3-14/h1-2,4-6,15H,(H,16,17). The minimum absolute atomic E-state index is 0.459. The summed E-state index contributed by atoms with van der Waals surface area (Å²) in [5.41, 5.74) is 3.21. The number of aromatic amines is 2. The van der Waals surface area contributed by atoms with Gasteiger partial charge in [-0.1, -0.05) is 17.7 Å². The Hall–Kier alpha value is -2.25. The van der Waals surface area contributed by atoms with Crippen molar-refractivity contribution in [3.8, 4) is 17.2 Å². The van der Waals surface area contributed by atoms with Crippen molar-refractivity contribution in [1.29, 1.82) is 5.26 Å². The van der Waals surface area contributed by atoms with E-state index in [1.807, 2.05) is 18.5 Å². The van der Waals surface area contributed by atoms with E-state index in [1.54, 1.807) is 12.3 Å². The molecule has 0 atom stereocenters. The Morgan fingerprint density at radius 3 is 2.88 bits per heavy atom. The summed E-state index contributed by atoms with van der Waals surface area (Å²) < 4.78 is 0. The largest absolute Gasteiger partial charge is 0.359 e. The van der Waals surface area contributed by atoms with E-state index in [0.29, 0.717) is 10.6 Å². The van der Waals surface area contributed by atoms with Gasteiger partial charge < -0.3 is 4.98 Å². The van der Waals surface area contributed by atoms with Gasteiger partial charge in [0.15, 0.2) is 0 Å². The van der Waals surface area contributed by atoms with E-state index in [4.69, 9.17) is 16.9 Å². The van der Waals surface area contributed by atoms with Crippen LogP contribution in [-0.4, -0.2) is 15.2 Å². The van der Waals surface area contributed by atoms with Crippen LogP contribution in [0.1, 0.15) is 5.56 Å². The van der Waals surface area contributed by atoms with Crippen molar-refractivity contribution < 1.29 is 0 Å².